The Morgan fingerprint density at radius 1 is 1.29 bits per heavy atom. The van der Waals surface area contributed by atoms with Crippen LogP contribution in [-0.2, 0) is 23.7 Å². The molecule has 112 valence electrons. The second kappa shape index (κ2) is 5.79. The molecule has 0 spiro atoms. The molecule has 3 heterocycles. The van der Waals surface area contributed by atoms with Gasteiger partial charge in [-0.1, -0.05) is 0 Å². The summed E-state index contributed by atoms with van der Waals surface area (Å²) in [7, 11) is 0. The van der Waals surface area contributed by atoms with Gasteiger partial charge in [-0.3, -0.25) is 15.2 Å². The lowest BCUT2D eigenvalue weighted by atomic mass is 10.1. The van der Waals surface area contributed by atoms with Crippen LogP contribution in [0.5, 0.6) is 0 Å². The van der Waals surface area contributed by atoms with E-state index in [2.05, 4.69) is 4.98 Å². The number of nitrogens with one attached hydrogen (secondary N) is 1. The Kier molecular flexibility index (Phi) is 3.85. The fourth-order valence-corrected chi connectivity index (χ4v) is 2.56. The molecule has 1 N–H and O–H groups in total. The molecule has 2 fully saturated rings. The quantitative estimate of drug-likeness (QED) is 0.496. The minimum Gasteiger partial charge on any atom is -0.469 e. The smallest absolute Gasteiger partial charge is 0.303 e. The molecule has 7 nitrogen and oxygen atoms in total. The Hall–Kier alpha value is -1.99. The summed E-state index contributed by atoms with van der Waals surface area (Å²) in [5.74, 6) is -0.336. The van der Waals surface area contributed by atoms with E-state index in [9.17, 15) is 4.79 Å². The summed E-state index contributed by atoms with van der Waals surface area (Å²) in [4.78, 5) is 15.0. The van der Waals surface area contributed by atoms with Crippen molar-refractivity contribution in [3.63, 3.8) is 0 Å². The van der Waals surface area contributed by atoms with Crippen LogP contribution in [0.1, 0.15) is 12.5 Å². The first-order chi connectivity index (χ1) is 10.1. The second-order valence-corrected chi connectivity index (χ2v) is 4.97. The average molecular weight is 292 g/mol. The van der Waals surface area contributed by atoms with E-state index in [0.717, 1.165) is 0 Å². The maximum Gasteiger partial charge on any atom is 0.303 e. The first-order valence-corrected chi connectivity index (χ1v) is 6.71. The first-order valence-electron chi connectivity index (χ1n) is 6.71. The topological polar surface area (TPSA) is 90.7 Å². The lowest BCUT2D eigenvalue weighted by Crippen LogP contribution is -2.35. The Morgan fingerprint density at radius 3 is 2.52 bits per heavy atom. The number of carbonyl (C=O) groups excluding carboxylic acids is 1. The number of pyridine rings is 1. The lowest BCUT2D eigenvalue weighted by Gasteiger charge is -2.18. The monoisotopic (exact) mass is 292 g/mol. The summed E-state index contributed by atoms with van der Waals surface area (Å²) >= 11 is 0. The van der Waals surface area contributed by atoms with E-state index in [4.69, 9.17) is 24.4 Å². The average Bonchev–Trinajstić information content (AvgIpc) is 3.04. The highest BCUT2D eigenvalue weighted by Gasteiger charge is 2.50. The van der Waals surface area contributed by atoms with Gasteiger partial charge in [-0.2, -0.15) is 0 Å². The molecule has 0 saturated carbocycles. The molecule has 4 atom stereocenters. The van der Waals surface area contributed by atoms with Gasteiger partial charge in [0.2, 0.25) is 5.90 Å². The van der Waals surface area contributed by atoms with Crippen molar-refractivity contribution < 1.29 is 23.7 Å². The molecule has 0 bridgehead atoms. The van der Waals surface area contributed by atoms with E-state index >= 15 is 0 Å². The van der Waals surface area contributed by atoms with Gasteiger partial charge in [-0.25, -0.2) is 0 Å². The van der Waals surface area contributed by atoms with Gasteiger partial charge in [0.15, 0.2) is 12.2 Å². The number of fused-ring (bicyclic) bond motifs is 1. The molecular formula is C14H16N2O5. The van der Waals surface area contributed by atoms with Crippen LogP contribution in [0.25, 0.3) is 0 Å². The summed E-state index contributed by atoms with van der Waals surface area (Å²) < 4.78 is 22.0. The third kappa shape index (κ3) is 2.88. The van der Waals surface area contributed by atoms with Gasteiger partial charge in [-0.05, 0) is 12.1 Å². The molecule has 0 aromatic carbocycles. The SMILES string of the molecule is CC(=O)O[C@H]1CO[C@@H]2C(OC(=N)c3cccnc3)CO[C@H]12. The van der Waals surface area contributed by atoms with E-state index < -0.39 is 6.10 Å². The molecule has 1 aromatic heterocycles. The summed E-state index contributed by atoms with van der Waals surface area (Å²) in [6.07, 6.45) is 1.74. The molecule has 1 aromatic rings. The molecule has 0 aliphatic carbocycles. The van der Waals surface area contributed by atoms with Gasteiger partial charge < -0.3 is 18.9 Å². The third-order valence-electron chi connectivity index (χ3n) is 3.47. The Labute approximate surface area is 121 Å². The molecule has 2 aliphatic heterocycles. The van der Waals surface area contributed by atoms with Crippen LogP contribution >= 0.6 is 0 Å². The molecule has 2 saturated heterocycles. The molecule has 7 heteroatoms. The number of nitrogens with zero attached hydrogens (tertiary/aromatic N) is 1. The number of hydrogen-bond donors (Lipinski definition) is 1. The normalized spacial score (nSPS) is 30.7. The van der Waals surface area contributed by atoms with E-state index in [0.29, 0.717) is 12.2 Å². The summed E-state index contributed by atoms with van der Waals surface area (Å²) in [5, 5.41) is 7.95. The first kappa shape index (κ1) is 14.0. The zero-order valence-electron chi connectivity index (χ0n) is 11.5. The highest BCUT2D eigenvalue weighted by Crippen LogP contribution is 2.30. The highest BCUT2D eigenvalue weighted by atomic mass is 16.7. The van der Waals surface area contributed by atoms with E-state index in [1.807, 2.05) is 0 Å². The maximum absolute atomic E-state index is 11.0. The number of esters is 1. The summed E-state index contributed by atoms with van der Waals surface area (Å²) in [6.45, 7) is 1.94. The number of carbonyl (C=O) groups is 1. The molecular weight excluding hydrogens is 276 g/mol. The van der Waals surface area contributed by atoms with Gasteiger partial charge in [0.1, 0.15) is 12.2 Å². The van der Waals surface area contributed by atoms with Crippen LogP contribution < -0.4 is 0 Å². The Balaban J connectivity index is 1.62. The maximum atomic E-state index is 11.0. The summed E-state index contributed by atoms with van der Waals surface area (Å²) in [5.41, 5.74) is 0.593. The zero-order chi connectivity index (χ0) is 14.8. The Morgan fingerprint density at radius 2 is 1.95 bits per heavy atom. The van der Waals surface area contributed by atoms with Crippen LogP contribution in [0.15, 0.2) is 24.5 Å². The van der Waals surface area contributed by atoms with Gasteiger partial charge in [0.25, 0.3) is 0 Å². The van der Waals surface area contributed by atoms with Crippen LogP contribution in [0.4, 0.5) is 0 Å². The molecule has 3 rings (SSSR count). The number of hydrogen-bond acceptors (Lipinski definition) is 7. The van der Waals surface area contributed by atoms with Crippen LogP contribution in [0.2, 0.25) is 0 Å². The van der Waals surface area contributed by atoms with Gasteiger partial charge in [0, 0.05) is 19.3 Å². The van der Waals surface area contributed by atoms with E-state index in [1.54, 1.807) is 24.5 Å². The standard InChI is InChI=1S/C14H16N2O5/c1-8(17)20-10-6-18-13-11(7-19-12(10)13)21-14(15)9-3-2-4-16-5-9/h2-5,10-13,15H,6-7H2,1H3/t10-,11?,12+,13+/m0/s1. The fraction of sp³-hybridized carbons (Fsp3) is 0.500. The van der Waals surface area contributed by atoms with Gasteiger partial charge >= 0.3 is 5.97 Å². The minimum absolute atomic E-state index is 0.0249. The van der Waals surface area contributed by atoms with Crippen LogP contribution in [0.3, 0.4) is 0 Å². The molecule has 0 radical (unpaired) electrons. The minimum atomic E-state index is -0.409. The molecule has 2 aliphatic rings. The van der Waals surface area contributed by atoms with Crippen molar-refractivity contribution in [1.29, 1.82) is 5.41 Å². The van der Waals surface area contributed by atoms with Crippen molar-refractivity contribution in [1.82, 2.24) is 4.98 Å². The van der Waals surface area contributed by atoms with E-state index in [-0.39, 0.29) is 36.8 Å². The summed E-state index contributed by atoms with van der Waals surface area (Å²) in [6, 6.07) is 3.49. The predicted octanol–water partition coefficient (Wildman–Crippen LogP) is 0.521. The van der Waals surface area contributed by atoms with Crippen molar-refractivity contribution in [3.05, 3.63) is 30.1 Å². The van der Waals surface area contributed by atoms with Crippen molar-refractivity contribution in [2.24, 2.45) is 0 Å². The molecule has 0 amide bonds. The number of aromatic nitrogens is 1. The highest BCUT2D eigenvalue weighted by molar-refractivity contribution is 5.91. The van der Waals surface area contributed by atoms with Crippen molar-refractivity contribution >= 4 is 11.9 Å². The van der Waals surface area contributed by atoms with Crippen LogP contribution in [-0.4, -0.2) is 54.5 Å². The van der Waals surface area contributed by atoms with Gasteiger partial charge in [0.05, 0.1) is 18.8 Å². The molecule has 21 heavy (non-hydrogen) atoms. The second-order valence-electron chi connectivity index (χ2n) is 4.97. The lowest BCUT2D eigenvalue weighted by molar-refractivity contribution is -0.151. The number of ether oxygens (including phenoxy) is 4. The fourth-order valence-electron chi connectivity index (χ4n) is 2.56. The number of rotatable bonds is 3. The van der Waals surface area contributed by atoms with Crippen molar-refractivity contribution in [2.75, 3.05) is 13.2 Å². The Bertz CT molecular complexity index is 535. The third-order valence-corrected chi connectivity index (χ3v) is 3.47. The zero-order valence-corrected chi connectivity index (χ0v) is 11.5. The predicted molar refractivity (Wildman–Crippen MR) is 71.0 cm³/mol. The largest absolute Gasteiger partial charge is 0.469 e. The van der Waals surface area contributed by atoms with Gasteiger partial charge in [-0.15, -0.1) is 0 Å². The van der Waals surface area contributed by atoms with Crippen LogP contribution in [0, 0.1) is 5.41 Å². The van der Waals surface area contributed by atoms with Crippen molar-refractivity contribution in [2.45, 2.75) is 31.3 Å². The molecule has 1 unspecified atom stereocenters. The van der Waals surface area contributed by atoms with E-state index in [1.165, 1.54) is 6.92 Å². The van der Waals surface area contributed by atoms with Crippen molar-refractivity contribution in [3.8, 4) is 0 Å².